The summed E-state index contributed by atoms with van der Waals surface area (Å²) in [4.78, 5) is 12.0. The van der Waals surface area contributed by atoms with Gasteiger partial charge < -0.3 is 19.5 Å². The van der Waals surface area contributed by atoms with Crippen molar-refractivity contribution in [3.63, 3.8) is 0 Å². The van der Waals surface area contributed by atoms with Crippen molar-refractivity contribution in [3.8, 4) is 17.2 Å². The highest BCUT2D eigenvalue weighted by Crippen LogP contribution is 2.22. The largest absolute Gasteiger partial charge is 0.497 e. The van der Waals surface area contributed by atoms with Crippen LogP contribution >= 0.6 is 0 Å². The van der Waals surface area contributed by atoms with Gasteiger partial charge in [0.05, 0.1) is 27.8 Å². The second kappa shape index (κ2) is 8.08. The van der Waals surface area contributed by atoms with Gasteiger partial charge >= 0.3 is 0 Å². The average Bonchev–Trinajstić information content (AvgIpc) is 2.60. The van der Waals surface area contributed by atoms with Gasteiger partial charge in [0.1, 0.15) is 17.2 Å². The van der Waals surface area contributed by atoms with E-state index in [-0.39, 0.29) is 5.91 Å². The van der Waals surface area contributed by atoms with Crippen molar-refractivity contribution < 1.29 is 19.0 Å². The predicted molar refractivity (Wildman–Crippen MR) is 88.1 cm³/mol. The van der Waals surface area contributed by atoms with Gasteiger partial charge in [-0.3, -0.25) is 4.79 Å². The molecule has 23 heavy (non-hydrogen) atoms. The molecule has 0 aliphatic carbocycles. The molecule has 0 saturated heterocycles. The lowest BCUT2D eigenvalue weighted by Gasteiger charge is -2.10. The summed E-state index contributed by atoms with van der Waals surface area (Å²) in [5.41, 5.74) is 1.86. The Hall–Kier alpha value is -2.69. The highest BCUT2D eigenvalue weighted by atomic mass is 16.5. The molecule has 0 radical (unpaired) electrons. The van der Waals surface area contributed by atoms with Crippen molar-refractivity contribution >= 4 is 5.91 Å². The van der Waals surface area contributed by atoms with E-state index in [1.807, 2.05) is 36.4 Å². The highest BCUT2D eigenvalue weighted by Gasteiger charge is 2.06. The Morgan fingerprint density at radius 2 is 1.39 bits per heavy atom. The number of ether oxygens (including phenoxy) is 3. The van der Waals surface area contributed by atoms with Crippen molar-refractivity contribution in [2.75, 3.05) is 21.3 Å². The molecule has 0 saturated carbocycles. The number of carbonyl (C=O) groups is 1. The number of nitrogens with one attached hydrogen (secondary N) is 1. The molecule has 0 bridgehead atoms. The molecule has 0 aromatic heterocycles. The summed E-state index contributed by atoms with van der Waals surface area (Å²) < 4.78 is 15.5. The van der Waals surface area contributed by atoms with Crippen molar-refractivity contribution in [3.05, 3.63) is 53.6 Å². The predicted octanol–water partition coefficient (Wildman–Crippen LogP) is 2.57. The molecule has 5 nitrogen and oxygen atoms in total. The smallest absolute Gasteiger partial charge is 0.224 e. The van der Waals surface area contributed by atoms with E-state index in [4.69, 9.17) is 14.2 Å². The molecule has 5 heteroatoms. The van der Waals surface area contributed by atoms with Crippen LogP contribution in [0, 0.1) is 0 Å². The topological polar surface area (TPSA) is 56.8 Å². The van der Waals surface area contributed by atoms with Crippen LogP contribution in [0.2, 0.25) is 0 Å². The Labute approximate surface area is 136 Å². The van der Waals surface area contributed by atoms with E-state index in [1.165, 1.54) is 0 Å². The van der Waals surface area contributed by atoms with E-state index in [1.54, 1.807) is 27.4 Å². The quantitative estimate of drug-likeness (QED) is 0.853. The molecule has 2 aromatic carbocycles. The van der Waals surface area contributed by atoms with Crippen molar-refractivity contribution in [2.45, 2.75) is 13.0 Å². The van der Waals surface area contributed by atoms with Crippen LogP contribution in [0.1, 0.15) is 11.1 Å². The third-order valence-corrected chi connectivity index (χ3v) is 3.42. The van der Waals surface area contributed by atoms with E-state index < -0.39 is 0 Å². The number of benzene rings is 2. The number of methoxy groups -OCH3 is 3. The molecule has 0 aliphatic rings. The maximum Gasteiger partial charge on any atom is 0.224 e. The van der Waals surface area contributed by atoms with Crippen LogP contribution in [-0.4, -0.2) is 27.2 Å². The lowest BCUT2D eigenvalue weighted by Crippen LogP contribution is -2.24. The van der Waals surface area contributed by atoms with Gasteiger partial charge in [-0.2, -0.15) is 0 Å². The van der Waals surface area contributed by atoms with Crippen LogP contribution in [-0.2, 0) is 17.8 Å². The van der Waals surface area contributed by atoms with Crippen molar-refractivity contribution in [1.29, 1.82) is 0 Å². The summed E-state index contributed by atoms with van der Waals surface area (Å²) in [6, 6.07) is 13.0. The molecule has 0 spiro atoms. The Kier molecular flexibility index (Phi) is 5.86. The van der Waals surface area contributed by atoms with Crippen LogP contribution < -0.4 is 19.5 Å². The second-order valence-electron chi connectivity index (χ2n) is 5.02. The molecule has 0 heterocycles. The van der Waals surface area contributed by atoms with Gasteiger partial charge in [-0.25, -0.2) is 0 Å². The third kappa shape index (κ3) is 4.92. The first-order valence-electron chi connectivity index (χ1n) is 7.26. The van der Waals surface area contributed by atoms with Crippen LogP contribution in [0.15, 0.2) is 42.5 Å². The fraction of sp³-hybridized carbons (Fsp3) is 0.278. The molecule has 0 atom stereocenters. The highest BCUT2D eigenvalue weighted by molar-refractivity contribution is 5.78. The van der Waals surface area contributed by atoms with Gasteiger partial charge in [0, 0.05) is 12.6 Å². The minimum absolute atomic E-state index is 0.0445. The lowest BCUT2D eigenvalue weighted by molar-refractivity contribution is -0.120. The molecular weight excluding hydrogens is 294 g/mol. The molecule has 0 unspecified atom stereocenters. The van der Waals surface area contributed by atoms with Gasteiger partial charge in [-0.15, -0.1) is 0 Å². The molecule has 122 valence electrons. The summed E-state index contributed by atoms with van der Waals surface area (Å²) in [5.74, 6) is 2.13. The summed E-state index contributed by atoms with van der Waals surface area (Å²) >= 11 is 0. The van der Waals surface area contributed by atoms with Gasteiger partial charge in [0.15, 0.2) is 0 Å². The zero-order chi connectivity index (χ0) is 16.7. The standard InChI is InChI=1S/C18H21NO4/c1-21-15-6-4-13(5-7-15)10-18(20)19-12-14-8-16(22-2)11-17(9-14)23-3/h4-9,11H,10,12H2,1-3H3,(H,19,20). The summed E-state index contributed by atoms with van der Waals surface area (Å²) in [6.07, 6.45) is 0.325. The van der Waals surface area contributed by atoms with Gasteiger partial charge in [0.25, 0.3) is 0 Å². The number of amides is 1. The van der Waals surface area contributed by atoms with E-state index in [2.05, 4.69) is 5.32 Å². The molecule has 0 fully saturated rings. The van der Waals surface area contributed by atoms with E-state index in [9.17, 15) is 4.79 Å². The molecule has 0 aliphatic heterocycles. The number of hydrogen-bond donors (Lipinski definition) is 1. The first kappa shape index (κ1) is 16.7. The van der Waals surface area contributed by atoms with E-state index in [0.717, 1.165) is 16.9 Å². The van der Waals surface area contributed by atoms with Crippen molar-refractivity contribution in [1.82, 2.24) is 5.32 Å². The molecule has 1 N–H and O–H groups in total. The van der Waals surface area contributed by atoms with Crippen LogP contribution in [0.5, 0.6) is 17.2 Å². The van der Waals surface area contributed by atoms with Gasteiger partial charge in [-0.05, 0) is 35.4 Å². The maximum atomic E-state index is 12.0. The minimum Gasteiger partial charge on any atom is -0.497 e. The van der Waals surface area contributed by atoms with Crippen molar-refractivity contribution in [2.24, 2.45) is 0 Å². The monoisotopic (exact) mass is 315 g/mol. The Morgan fingerprint density at radius 1 is 0.826 bits per heavy atom. The average molecular weight is 315 g/mol. The SMILES string of the molecule is COc1ccc(CC(=O)NCc2cc(OC)cc(OC)c2)cc1. The second-order valence-corrected chi connectivity index (χ2v) is 5.02. The molecule has 1 amide bonds. The fourth-order valence-electron chi connectivity index (χ4n) is 2.16. The normalized spacial score (nSPS) is 10.0. The molecular formula is C18H21NO4. The van der Waals surface area contributed by atoms with Crippen LogP contribution in [0.4, 0.5) is 0 Å². The van der Waals surface area contributed by atoms with Gasteiger partial charge in [0.2, 0.25) is 5.91 Å². The number of hydrogen-bond acceptors (Lipinski definition) is 4. The van der Waals surface area contributed by atoms with Crippen LogP contribution in [0.25, 0.3) is 0 Å². The van der Waals surface area contributed by atoms with Crippen LogP contribution in [0.3, 0.4) is 0 Å². The number of carbonyl (C=O) groups excluding carboxylic acids is 1. The molecule has 2 rings (SSSR count). The molecule has 2 aromatic rings. The Balaban J connectivity index is 1.93. The van der Waals surface area contributed by atoms with E-state index >= 15 is 0 Å². The zero-order valence-electron chi connectivity index (χ0n) is 13.6. The zero-order valence-corrected chi connectivity index (χ0v) is 13.6. The first-order chi connectivity index (χ1) is 11.1. The summed E-state index contributed by atoms with van der Waals surface area (Å²) in [7, 11) is 4.81. The first-order valence-corrected chi connectivity index (χ1v) is 7.26. The fourth-order valence-corrected chi connectivity index (χ4v) is 2.16. The maximum absolute atomic E-state index is 12.0. The Morgan fingerprint density at radius 3 is 1.91 bits per heavy atom. The lowest BCUT2D eigenvalue weighted by atomic mass is 10.1. The summed E-state index contributed by atoms with van der Waals surface area (Å²) in [5, 5.41) is 2.90. The van der Waals surface area contributed by atoms with Gasteiger partial charge in [-0.1, -0.05) is 12.1 Å². The number of rotatable bonds is 7. The van der Waals surface area contributed by atoms with E-state index in [0.29, 0.717) is 24.5 Å². The summed E-state index contributed by atoms with van der Waals surface area (Å²) in [6.45, 7) is 0.419. The third-order valence-electron chi connectivity index (χ3n) is 3.42. The Bertz CT molecular complexity index is 630. The minimum atomic E-state index is -0.0445.